The summed E-state index contributed by atoms with van der Waals surface area (Å²) in [6, 6.07) is 17.6. The number of fused-ring (bicyclic) bond motifs is 1. The molecule has 4 rings (SSSR count). The number of nitrogens with zero attached hydrogens (tertiary/aromatic N) is 4. The van der Waals surface area contributed by atoms with E-state index in [1.54, 1.807) is 0 Å². The molecular weight excluding hydrogens is 364 g/mol. The Labute approximate surface area is 169 Å². The van der Waals surface area contributed by atoms with E-state index in [9.17, 15) is 9.59 Å². The molecule has 2 heterocycles. The highest BCUT2D eigenvalue weighted by atomic mass is 16.2. The average molecular weight is 388 g/mol. The Hall–Kier alpha value is -3.25. The topological polar surface area (TPSA) is 58.4 Å². The van der Waals surface area contributed by atoms with E-state index < -0.39 is 0 Å². The number of benzene rings is 2. The standard InChI is InChI=1S/C23H24N4O2/c28-22-17-24-20-10-4-5-11-21(20)27(22)18-23(29)26-15-13-25(14-16-26)12-6-9-19-7-2-1-3-8-19/h1-11,17H,12-16,18H2/b9-6+. The van der Waals surface area contributed by atoms with E-state index >= 15 is 0 Å². The lowest BCUT2D eigenvalue weighted by Gasteiger charge is -2.34. The molecule has 6 heteroatoms. The van der Waals surface area contributed by atoms with Crippen LogP contribution < -0.4 is 5.56 Å². The van der Waals surface area contributed by atoms with Crippen molar-refractivity contribution in [2.45, 2.75) is 6.54 Å². The number of hydrogen-bond acceptors (Lipinski definition) is 4. The second-order valence-electron chi connectivity index (χ2n) is 7.17. The van der Waals surface area contributed by atoms with Gasteiger partial charge in [-0.05, 0) is 17.7 Å². The molecule has 0 unspecified atom stereocenters. The zero-order valence-electron chi connectivity index (χ0n) is 16.3. The summed E-state index contributed by atoms with van der Waals surface area (Å²) in [4.78, 5) is 33.4. The summed E-state index contributed by atoms with van der Waals surface area (Å²) in [6.07, 6.45) is 5.57. The number of carbonyl (C=O) groups is 1. The molecule has 1 fully saturated rings. The maximum atomic E-state index is 12.8. The summed E-state index contributed by atoms with van der Waals surface area (Å²) in [6.45, 7) is 3.93. The number of rotatable bonds is 5. The molecule has 6 nitrogen and oxygen atoms in total. The number of aromatic nitrogens is 2. The van der Waals surface area contributed by atoms with Crippen LogP contribution in [0.2, 0.25) is 0 Å². The van der Waals surface area contributed by atoms with E-state index in [2.05, 4.69) is 34.2 Å². The summed E-state index contributed by atoms with van der Waals surface area (Å²) in [5, 5.41) is 0. The fraction of sp³-hybridized carbons (Fsp3) is 0.261. The van der Waals surface area contributed by atoms with E-state index in [0.717, 1.165) is 25.2 Å². The number of amides is 1. The van der Waals surface area contributed by atoms with Gasteiger partial charge in [-0.1, -0.05) is 54.6 Å². The second kappa shape index (κ2) is 8.84. The van der Waals surface area contributed by atoms with Crippen LogP contribution in [0.3, 0.4) is 0 Å². The highest BCUT2D eigenvalue weighted by molar-refractivity contribution is 5.80. The van der Waals surface area contributed by atoms with Crippen molar-refractivity contribution in [3.05, 3.63) is 82.8 Å². The number of hydrogen-bond donors (Lipinski definition) is 0. The largest absolute Gasteiger partial charge is 0.339 e. The first-order valence-electron chi connectivity index (χ1n) is 9.87. The fourth-order valence-corrected chi connectivity index (χ4v) is 3.59. The highest BCUT2D eigenvalue weighted by Gasteiger charge is 2.21. The van der Waals surface area contributed by atoms with Crippen molar-refractivity contribution in [2.75, 3.05) is 32.7 Å². The van der Waals surface area contributed by atoms with Crippen molar-refractivity contribution in [3.63, 3.8) is 0 Å². The van der Waals surface area contributed by atoms with Gasteiger partial charge in [0.2, 0.25) is 5.91 Å². The summed E-state index contributed by atoms with van der Waals surface area (Å²) in [7, 11) is 0. The molecule has 0 saturated carbocycles. The lowest BCUT2D eigenvalue weighted by atomic mass is 10.2. The van der Waals surface area contributed by atoms with Gasteiger partial charge in [0.1, 0.15) is 6.54 Å². The first kappa shape index (κ1) is 19.1. The molecule has 1 aromatic heterocycles. The van der Waals surface area contributed by atoms with Crippen molar-refractivity contribution in [3.8, 4) is 0 Å². The van der Waals surface area contributed by atoms with Gasteiger partial charge >= 0.3 is 0 Å². The Bertz CT molecular complexity index is 1070. The van der Waals surface area contributed by atoms with E-state index in [1.807, 2.05) is 47.4 Å². The van der Waals surface area contributed by atoms with Gasteiger partial charge in [0, 0.05) is 32.7 Å². The summed E-state index contributed by atoms with van der Waals surface area (Å²) >= 11 is 0. The molecule has 0 aliphatic carbocycles. The van der Waals surface area contributed by atoms with Crippen LogP contribution in [0.15, 0.2) is 71.7 Å². The predicted octanol–water partition coefficient (Wildman–Crippen LogP) is 2.25. The highest BCUT2D eigenvalue weighted by Crippen LogP contribution is 2.10. The number of piperazine rings is 1. The normalized spacial score (nSPS) is 15.2. The quantitative estimate of drug-likeness (QED) is 0.673. The second-order valence-corrected chi connectivity index (χ2v) is 7.17. The minimum absolute atomic E-state index is 0.0251. The lowest BCUT2D eigenvalue weighted by Crippen LogP contribution is -2.49. The van der Waals surface area contributed by atoms with Gasteiger partial charge in [-0.3, -0.25) is 19.1 Å². The van der Waals surface area contributed by atoms with Crippen molar-refractivity contribution >= 4 is 23.0 Å². The van der Waals surface area contributed by atoms with Gasteiger partial charge in [0.25, 0.3) is 5.56 Å². The summed E-state index contributed by atoms with van der Waals surface area (Å²) < 4.78 is 1.51. The van der Waals surface area contributed by atoms with Gasteiger partial charge in [0.05, 0.1) is 17.2 Å². The van der Waals surface area contributed by atoms with Crippen LogP contribution in [0.5, 0.6) is 0 Å². The zero-order valence-corrected chi connectivity index (χ0v) is 16.3. The molecule has 0 bridgehead atoms. The van der Waals surface area contributed by atoms with Crippen LogP contribution >= 0.6 is 0 Å². The van der Waals surface area contributed by atoms with Gasteiger partial charge in [0.15, 0.2) is 0 Å². The zero-order chi connectivity index (χ0) is 20.1. The van der Waals surface area contributed by atoms with Crippen LogP contribution in [0, 0.1) is 0 Å². The number of carbonyl (C=O) groups excluding carboxylic acids is 1. The van der Waals surface area contributed by atoms with E-state index in [4.69, 9.17) is 0 Å². The molecule has 0 radical (unpaired) electrons. The maximum absolute atomic E-state index is 12.8. The first-order valence-corrected chi connectivity index (χ1v) is 9.87. The van der Waals surface area contributed by atoms with Crippen molar-refractivity contribution in [1.82, 2.24) is 19.4 Å². The minimum Gasteiger partial charge on any atom is -0.339 e. The van der Waals surface area contributed by atoms with Gasteiger partial charge in [-0.25, -0.2) is 4.98 Å². The summed E-state index contributed by atoms with van der Waals surface area (Å²) in [5.41, 5.74) is 2.35. The fourth-order valence-electron chi connectivity index (χ4n) is 3.59. The van der Waals surface area contributed by atoms with Gasteiger partial charge in [-0.15, -0.1) is 0 Å². The average Bonchev–Trinajstić information content (AvgIpc) is 2.77. The van der Waals surface area contributed by atoms with E-state index in [-0.39, 0.29) is 18.0 Å². The molecule has 3 aromatic rings. The Kier molecular flexibility index (Phi) is 5.81. The van der Waals surface area contributed by atoms with Crippen LogP contribution in [0.4, 0.5) is 0 Å². The smallest absolute Gasteiger partial charge is 0.269 e. The summed E-state index contributed by atoms with van der Waals surface area (Å²) in [5.74, 6) is -0.0251. The molecule has 1 saturated heterocycles. The van der Waals surface area contributed by atoms with Crippen molar-refractivity contribution in [2.24, 2.45) is 0 Å². The maximum Gasteiger partial charge on any atom is 0.269 e. The minimum atomic E-state index is -0.248. The molecule has 148 valence electrons. The van der Waals surface area contributed by atoms with Gasteiger partial charge in [-0.2, -0.15) is 0 Å². The van der Waals surface area contributed by atoms with Gasteiger partial charge < -0.3 is 4.90 Å². The van der Waals surface area contributed by atoms with Crippen LogP contribution in [-0.4, -0.2) is 58.0 Å². The molecule has 0 N–H and O–H groups in total. The molecule has 1 aliphatic heterocycles. The Morgan fingerprint density at radius 2 is 1.69 bits per heavy atom. The lowest BCUT2D eigenvalue weighted by molar-refractivity contribution is -0.133. The third kappa shape index (κ3) is 4.60. The molecule has 0 atom stereocenters. The van der Waals surface area contributed by atoms with E-state index in [1.165, 1.54) is 16.3 Å². The van der Waals surface area contributed by atoms with Crippen LogP contribution in [0.25, 0.3) is 17.1 Å². The van der Waals surface area contributed by atoms with Crippen molar-refractivity contribution in [1.29, 1.82) is 0 Å². The Balaban J connectivity index is 1.33. The van der Waals surface area contributed by atoms with Crippen molar-refractivity contribution < 1.29 is 4.79 Å². The SMILES string of the molecule is O=C(Cn1c(=O)cnc2ccccc21)N1CCN(C/C=C/c2ccccc2)CC1. The third-order valence-corrected chi connectivity index (χ3v) is 5.24. The Morgan fingerprint density at radius 3 is 2.48 bits per heavy atom. The first-order chi connectivity index (χ1) is 14.2. The predicted molar refractivity (Wildman–Crippen MR) is 114 cm³/mol. The molecule has 0 spiro atoms. The molecule has 1 aliphatic rings. The molecule has 2 aromatic carbocycles. The van der Waals surface area contributed by atoms with Crippen LogP contribution in [-0.2, 0) is 11.3 Å². The Morgan fingerprint density at radius 1 is 0.966 bits per heavy atom. The molecular formula is C23H24N4O2. The monoisotopic (exact) mass is 388 g/mol. The van der Waals surface area contributed by atoms with E-state index in [0.29, 0.717) is 18.6 Å². The number of para-hydroxylation sites is 2. The third-order valence-electron chi connectivity index (χ3n) is 5.24. The molecule has 29 heavy (non-hydrogen) atoms. The molecule has 1 amide bonds. The van der Waals surface area contributed by atoms with Crippen LogP contribution in [0.1, 0.15) is 5.56 Å².